The summed E-state index contributed by atoms with van der Waals surface area (Å²) < 4.78 is 13.2. The lowest BCUT2D eigenvalue weighted by molar-refractivity contribution is -0.946. The van der Waals surface area contributed by atoms with Crippen LogP contribution in [-0.4, -0.2) is 38.0 Å². The van der Waals surface area contributed by atoms with E-state index in [2.05, 4.69) is 104 Å². The van der Waals surface area contributed by atoms with Gasteiger partial charge in [0, 0.05) is 12.2 Å². The number of benzene rings is 2. The van der Waals surface area contributed by atoms with Gasteiger partial charge in [-0.3, -0.25) is 4.48 Å². The van der Waals surface area contributed by atoms with Crippen molar-refractivity contribution in [1.29, 1.82) is 0 Å². The summed E-state index contributed by atoms with van der Waals surface area (Å²) in [6.07, 6.45) is 1.01. The summed E-state index contributed by atoms with van der Waals surface area (Å²) >= 11 is 0. The van der Waals surface area contributed by atoms with E-state index in [0.29, 0.717) is 17.7 Å². The molecule has 0 saturated heterocycles. The number of hydrogen-bond acceptors (Lipinski definition) is 2. The quantitative estimate of drug-likeness (QED) is 0.310. The van der Waals surface area contributed by atoms with Gasteiger partial charge < -0.3 is 9.47 Å². The number of hydrogen-bond donors (Lipinski definition) is 0. The first-order chi connectivity index (χ1) is 14.3. The molecule has 1 atom stereocenters. The lowest BCUT2D eigenvalue weighted by Gasteiger charge is -2.38. The third-order valence-electron chi connectivity index (χ3n) is 5.88. The van der Waals surface area contributed by atoms with Crippen molar-refractivity contribution in [3.63, 3.8) is 0 Å². The second kappa shape index (κ2) is 10.2. The second-order valence-electron chi connectivity index (χ2n) is 11.3. The van der Waals surface area contributed by atoms with Gasteiger partial charge in [0.25, 0.3) is 6.23 Å². The Hall–Kier alpha value is -1.84. The second-order valence-corrected chi connectivity index (χ2v) is 11.3. The van der Waals surface area contributed by atoms with Crippen LogP contribution in [0.4, 0.5) is 0 Å². The van der Waals surface area contributed by atoms with Gasteiger partial charge in [0.15, 0.2) is 0 Å². The maximum atomic E-state index is 6.70. The Labute approximate surface area is 191 Å². The highest BCUT2D eigenvalue weighted by molar-refractivity contribution is 5.39. The van der Waals surface area contributed by atoms with E-state index in [4.69, 9.17) is 9.47 Å². The monoisotopic (exact) mass is 426 g/mol. The molecule has 0 spiro atoms. The van der Waals surface area contributed by atoms with Gasteiger partial charge in [-0.15, -0.1) is 0 Å². The van der Waals surface area contributed by atoms with Gasteiger partial charge in [-0.05, 0) is 48.3 Å². The number of ether oxygens (including phenoxy) is 2. The van der Waals surface area contributed by atoms with E-state index in [1.807, 2.05) is 6.92 Å². The van der Waals surface area contributed by atoms with Crippen LogP contribution < -0.4 is 4.74 Å². The fourth-order valence-corrected chi connectivity index (χ4v) is 4.48. The van der Waals surface area contributed by atoms with Gasteiger partial charge in [0.2, 0.25) is 0 Å². The fourth-order valence-electron chi connectivity index (χ4n) is 4.48. The minimum Gasteiger partial charge on any atom is -0.440 e. The maximum absolute atomic E-state index is 6.70. The van der Waals surface area contributed by atoms with E-state index in [-0.39, 0.29) is 17.1 Å². The predicted molar refractivity (Wildman–Crippen MR) is 131 cm³/mol. The summed E-state index contributed by atoms with van der Waals surface area (Å²) in [4.78, 5) is 0. The van der Waals surface area contributed by atoms with Gasteiger partial charge in [-0.25, -0.2) is 0 Å². The lowest BCUT2D eigenvalue weighted by atomic mass is 9.72. The van der Waals surface area contributed by atoms with Crippen LogP contribution in [0.1, 0.15) is 64.7 Å². The number of rotatable bonds is 10. The van der Waals surface area contributed by atoms with Gasteiger partial charge in [-0.2, -0.15) is 0 Å². The molecule has 0 radical (unpaired) electrons. The van der Waals surface area contributed by atoms with Crippen LogP contribution in [0.5, 0.6) is 5.75 Å². The van der Waals surface area contributed by atoms with Gasteiger partial charge >= 0.3 is 0 Å². The first-order valence-electron chi connectivity index (χ1n) is 11.6. The zero-order valence-electron chi connectivity index (χ0n) is 21.3. The van der Waals surface area contributed by atoms with Crippen LogP contribution in [0.25, 0.3) is 0 Å². The number of nitrogens with zero attached hydrogens (tertiary/aromatic N) is 1. The van der Waals surface area contributed by atoms with E-state index >= 15 is 0 Å². The Morgan fingerprint density at radius 2 is 1.58 bits per heavy atom. The van der Waals surface area contributed by atoms with Crippen LogP contribution in [-0.2, 0) is 16.7 Å². The Bertz CT molecular complexity index is 819. The molecule has 0 aliphatic rings. The van der Waals surface area contributed by atoms with Crippen molar-refractivity contribution in [2.75, 3.05) is 27.3 Å². The molecule has 0 heterocycles. The van der Waals surface area contributed by atoms with Crippen molar-refractivity contribution in [1.82, 2.24) is 0 Å². The molecule has 0 aromatic heterocycles. The van der Waals surface area contributed by atoms with Crippen molar-refractivity contribution in [3.8, 4) is 5.75 Å². The summed E-state index contributed by atoms with van der Waals surface area (Å²) in [5.41, 5.74) is 4.13. The Kier molecular flexibility index (Phi) is 8.35. The van der Waals surface area contributed by atoms with Gasteiger partial charge in [0.05, 0.1) is 14.1 Å². The highest BCUT2D eigenvalue weighted by atomic mass is 16.5. The smallest absolute Gasteiger partial charge is 0.256 e. The number of quaternary nitrogens is 1. The molecule has 3 nitrogen and oxygen atoms in total. The van der Waals surface area contributed by atoms with Crippen LogP contribution in [0.2, 0.25) is 0 Å². The van der Waals surface area contributed by atoms with Gasteiger partial charge in [0.1, 0.15) is 18.9 Å². The van der Waals surface area contributed by atoms with Crippen molar-refractivity contribution < 1.29 is 14.0 Å². The van der Waals surface area contributed by atoms with Crippen LogP contribution in [0.3, 0.4) is 0 Å². The number of likely N-dealkylation sites (N-methyl/N-ethyl adjacent to an activating group) is 1. The fraction of sp³-hybridized carbons (Fsp3) is 0.571. The molecule has 0 aliphatic heterocycles. The van der Waals surface area contributed by atoms with E-state index in [0.717, 1.165) is 24.3 Å². The molecule has 172 valence electrons. The molecule has 2 rings (SSSR count). The molecule has 0 bridgehead atoms. The zero-order valence-corrected chi connectivity index (χ0v) is 21.3. The van der Waals surface area contributed by atoms with E-state index < -0.39 is 0 Å². The summed E-state index contributed by atoms with van der Waals surface area (Å²) in [6, 6.07) is 17.3. The van der Waals surface area contributed by atoms with Crippen molar-refractivity contribution in [3.05, 3.63) is 65.2 Å². The molecule has 1 unspecified atom stereocenters. The third-order valence-corrected chi connectivity index (χ3v) is 5.88. The van der Waals surface area contributed by atoms with Crippen molar-refractivity contribution >= 4 is 0 Å². The first kappa shape index (κ1) is 25.4. The summed E-state index contributed by atoms with van der Waals surface area (Å²) in [6.45, 7) is 17.9. The predicted octanol–water partition coefficient (Wildman–Crippen LogP) is 6.73. The average Bonchev–Trinajstić information content (AvgIpc) is 2.64. The zero-order chi connectivity index (χ0) is 23.3. The first-order valence-corrected chi connectivity index (χ1v) is 11.6. The normalized spacial score (nSPS) is 13.8. The lowest BCUT2D eigenvalue weighted by Crippen LogP contribution is -2.53. The Morgan fingerprint density at radius 1 is 0.935 bits per heavy atom. The Morgan fingerprint density at radius 3 is 2.16 bits per heavy atom. The topological polar surface area (TPSA) is 18.5 Å². The number of aryl methyl sites for hydroxylation is 1. The SMILES string of the molecule is CCOCC(Oc1cc(C(C)(C)CC(C)(C)C)ccc1C)[N+](C)(C)Cc1ccccc1. The third kappa shape index (κ3) is 7.66. The molecule has 0 aliphatic carbocycles. The van der Waals surface area contributed by atoms with Crippen LogP contribution >= 0.6 is 0 Å². The Balaban J connectivity index is 2.31. The molecule has 2 aromatic carbocycles. The molecular formula is C28H44NO2+. The molecular weight excluding hydrogens is 382 g/mol. The summed E-state index contributed by atoms with van der Waals surface area (Å²) in [5, 5.41) is 0. The van der Waals surface area contributed by atoms with Crippen LogP contribution in [0.15, 0.2) is 48.5 Å². The standard InChI is InChI=1S/C28H44NO2/c1-10-30-20-26(29(8,9)19-23-14-12-11-13-15-23)31-25-18-24(17-16-22(25)2)28(6,7)21-27(3,4)5/h11-18,26H,10,19-21H2,1-9H3/q+1. The maximum Gasteiger partial charge on any atom is 0.256 e. The van der Waals surface area contributed by atoms with Gasteiger partial charge in [-0.1, -0.05) is 77.1 Å². The minimum absolute atomic E-state index is 0.0773. The molecule has 0 fully saturated rings. The largest absolute Gasteiger partial charge is 0.440 e. The summed E-state index contributed by atoms with van der Waals surface area (Å²) in [5.74, 6) is 0.962. The molecule has 3 heteroatoms. The molecule has 2 aromatic rings. The summed E-state index contributed by atoms with van der Waals surface area (Å²) in [7, 11) is 4.44. The highest BCUT2D eigenvalue weighted by Crippen LogP contribution is 2.38. The average molecular weight is 427 g/mol. The van der Waals surface area contributed by atoms with E-state index in [1.54, 1.807) is 0 Å². The van der Waals surface area contributed by atoms with E-state index in [1.165, 1.54) is 11.1 Å². The molecule has 0 N–H and O–H groups in total. The van der Waals surface area contributed by atoms with Crippen molar-refractivity contribution in [2.45, 2.75) is 73.1 Å². The van der Waals surface area contributed by atoms with Crippen LogP contribution in [0, 0.1) is 12.3 Å². The molecule has 0 amide bonds. The van der Waals surface area contributed by atoms with E-state index in [9.17, 15) is 0 Å². The van der Waals surface area contributed by atoms with Crippen molar-refractivity contribution in [2.24, 2.45) is 5.41 Å². The molecule has 31 heavy (non-hydrogen) atoms. The minimum atomic E-state index is -0.0974. The highest BCUT2D eigenvalue weighted by Gasteiger charge is 2.32. The molecule has 0 saturated carbocycles.